The molecule has 1 aliphatic heterocycles. The highest BCUT2D eigenvalue weighted by Crippen LogP contribution is 2.37. The third-order valence-corrected chi connectivity index (χ3v) is 3.68. The summed E-state index contributed by atoms with van der Waals surface area (Å²) in [5.74, 6) is 2.61. The quantitative estimate of drug-likeness (QED) is 0.849. The van der Waals surface area contributed by atoms with Crippen LogP contribution in [0.5, 0.6) is 17.2 Å². The number of methoxy groups -OCH3 is 2. The molecule has 0 aromatic heterocycles. The zero-order chi connectivity index (χ0) is 13.9. The van der Waals surface area contributed by atoms with E-state index in [2.05, 4.69) is 12.1 Å². The molecule has 0 bridgehead atoms. The van der Waals surface area contributed by atoms with Crippen LogP contribution in [-0.4, -0.2) is 14.2 Å². The molecule has 0 amide bonds. The van der Waals surface area contributed by atoms with Crippen LogP contribution in [0.15, 0.2) is 42.5 Å². The zero-order valence-corrected chi connectivity index (χ0v) is 11.8. The Hall–Kier alpha value is -2.16. The van der Waals surface area contributed by atoms with Crippen LogP contribution in [0.1, 0.15) is 23.7 Å². The number of hydrogen-bond donors (Lipinski definition) is 0. The van der Waals surface area contributed by atoms with E-state index in [0.29, 0.717) is 0 Å². The number of fused-ring (bicyclic) bond motifs is 1. The van der Waals surface area contributed by atoms with Gasteiger partial charge in [0, 0.05) is 6.07 Å². The van der Waals surface area contributed by atoms with Crippen molar-refractivity contribution in [2.45, 2.75) is 18.9 Å². The van der Waals surface area contributed by atoms with Gasteiger partial charge in [-0.3, -0.25) is 0 Å². The van der Waals surface area contributed by atoms with Crippen molar-refractivity contribution in [1.29, 1.82) is 0 Å². The number of rotatable bonds is 3. The third kappa shape index (κ3) is 2.44. The zero-order valence-electron chi connectivity index (χ0n) is 11.8. The minimum absolute atomic E-state index is 0.0738. The van der Waals surface area contributed by atoms with E-state index in [-0.39, 0.29) is 6.10 Å². The van der Waals surface area contributed by atoms with Gasteiger partial charge in [0.25, 0.3) is 0 Å². The van der Waals surface area contributed by atoms with Crippen molar-refractivity contribution in [3.05, 3.63) is 53.6 Å². The third-order valence-electron chi connectivity index (χ3n) is 3.68. The van der Waals surface area contributed by atoms with E-state index in [1.54, 1.807) is 14.2 Å². The standard InChI is InChI=1S/C17H18O3/c1-18-14-5-3-4-13(10-14)16-9-7-12-6-8-15(19-2)11-17(12)20-16/h3-6,8,10-11,16H,7,9H2,1-2H3. The molecule has 1 heterocycles. The van der Waals surface area contributed by atoms with Crippen molar-refractivity contribution in [1.82, 2.24) is 0 Å². The molecular weight excluding hydrogens is 252 g/mol. The second-order valence-corrected chi connectivity index (χ2v) is 4.90. The molecule has 0 N–H and O–H groups in total. The molecule has 3 rings (SSSR count). The summed E-state index contributed by atoms with van der Waals surface area (Å²) in [5, 5.41) is 0. The Labute approximate surface area is 119 Å². The first-order chi connectivity index (χ1) is 9.80. The summed E-state index contributed by atoms with van der Waals surface area (Å²) in [6, 6.07) is 14.1. The maximum absolute atomic E-state index is 6.12. The molecule has 3 nitrogen and oxygen atoms in total. The molecule has 0 aliphatic carbocycles. The van der Waals surface area contributed by atoms with E-state index in [0.717, 1.165) is 35.7 Å². The van der Waals surface area contributed by atoms with E-state index in [1.807, 2.05) is 30.3 Å². The lowest BCUT2D eigenvalue weighted by molar-refractivity contribution is 0.175. The van der Waals surface area contributed by atoms with Gasteiger partial charge in [0.1, 0.15) is 23.4 Å². The second kappa shape index (κ2) is 5.45. The van der Waals surface area contributed by atoms with E-state index in [4.69, 9.17) is 14.2 Å². The first kappa shape index (κ1) is 12.9. The van der Waals surface area contributed by atoms with Gasteiger partial charge in [-0.2, -0.15) is 0 Å². The van der Waals surface area contributed by atoms with Gasteiger partial charge in [0.2, 0.25) is 0 Å². The largest absolute Gasteiger partial charge is 0.497 e. The summed E-state index contributed by atoms with van der Waals surface area (Å²) < 4.78 is 16.7. The van der Waals surface area contributed by atoms with Gasteiger partial charge in [-0.1, -0.05) is 18.2 Å². The maximum Gasteiger partial charge on any atom is 0.127 e. The molecule has 0 fully saturated rings. The van der Waals surface area contributed by atoms with Crippen molar-refractivity contribution in [3.8, 4) is 17.2 Å². The van der Waals surface area contributed by atoms with Crippen molar-refractivity contribution in [2.75, 3.05) is 14.2 Å². The average Bonchev–Trinajstić information content (AvgIpc) is 2.53. The SMILES string of the molecule is COc1cccc(C2CCc3ccc(OC)cc3O2)c1. The van der Waals surface area contributed by atoms with Crippen molar-refractivity contribution < 1.29 is 14.2 Å². The van der Waals surface area contributed by atoms with E-state index < -0.39 is 0 Å². The predicted molar refractivity (Wildman–Crippen MR) is 77.7 cm³/mol. The Morgan fingerprint density at radius 2 is 1.80 bits per heavy atom. The molecule has 0 spiro atoms. The summed E-state index contributed by atoms with van der Waals surface area (Å²) in [6.07, 6.45) is 2.07. The van der Waals surface area contributed by atoms with E-state index >= 15 is 0 Å². The van der Waals surface area contributed by atoms with Gasteiger partial charge in [-0.05, 0) is 42.2 Å². The number of ether oxygens (including phenoxy) is 3. The van der Waals surface area contributed by atoms with Crippen LogP contribution in [0, 0.1) is 0 Å². The molecule has 1 aliphatic rings. The lowest BCUT2D eigenvalue weighted by atomic mass is 9.97. The Balaban J connectivity index is 1.87. The fourth-order valence-electron chi connectivity index (χ4n) is 2.55. The lowest BCUT2D eigenvalue weighted by Gasteiger charge is -2.27. The summed E-state index contributed by atoms with van der Waals surface area (Å²) in [7, 11) is 3.35. The summed E-state index contributed by atoms with van der Waals surface area (Å²) >= 11 is 0. The molecule has 20 heavy (non-hydrogen) atoms. The molecule has 2 aromatic rings. The van der Waals surface area contributed by atoms with Crippen LogP contribution in [-0.2, 0) is 6.42 Å². The second-order valence-electron chi connectivity index (χ2n) is 4.90. The minimum atomic E-state index is 0.0738. The molecule has 1 unspecified atom stereocenters. The predicted octanol–water partition coefficient (Wildman–Crippen LogP) is 3.77. The van der Waals surface area contributed by atoms with Crippen molar-refractivity contribution >= 4 is 0 Å². The van der Waals surface area contributed by atoms with Crippen LogP contribution in [0.4, 0.5) is 0 Å². The summed E-state index contributed by atoms with van der Waals surface area (Å²) in [5.41, 5.74) is 2.39. The Morgan fingerprint density at radius 1 is 1.00 bits per heavy atom. The van der Waals surface area contributed by atoms with Gasteiger partial charge in [0.15, 0.2) is 0 Å². The van der Waals surface area contributed by atoms with E-state index in [9.17, 15) is 0 Å². The molecule has 1 atom stereocenters. The van der Waals surface area contributed by atoms with Gasteiger partial charge in [0.05, 0.1) is 14.2 Å². The van der Waals surface area contributed by atoms with Gasteiger partial charge >= 0.3 is 0 Å². The Kier molecular flexibility index (Phi) is 3.50. The van der Waals surface area contributed by atoms with Gasteiger partial charge < -0.3 is 14.2 Å². The maximum atomic E-state index is 6.12. The number of hydrogen-bond acceptors (Lipinski definition) is 3. The highest BCUT2D eigenvalue weighted by molar-refractivity contribution is 5.43. The highest BCUT2D eigenvalue weighted by atomic mass is 16.5. The fraction of sp³-hybridized carbons (Fsp3) is 0.294. The van der Waals surface area contributed by atoms with Crippen LogP contribution in [0.2, 0.25) is 0 Å². The minimum Gasteiger partial charge on any atom is -0.497 e. The van der Waals surface area contributed by atoms with Crippen LogP contribution in [0.3, 0.4) is 0 Å². The van der Waals surface area contributed by atoms with Crippen LogP contribution >= 0.6 is 0 Å². The van der Waals surface area contributed by atoms with Crippen molar-refractivity contribution in [3.63, 3.8) is 0 Å². The molecule has 0 saturated heterocycles. The number of aryl methyl sites for hydroxylation is 1. The van der Waals surface area contributed by atoms with E-state index in [1.165, 1.54) is 5.56 Å². The Bertz CT molecular complexity index is 607. The monoisotopic (exact) mass is 270 g/mol. The van der Waals surface area contributed by atoms with Gasteiger partial charge in [-0.15, -0.1) is 0 Å². The lowest BCUT2D eigenvalue weighted by Crippen LogP contribution is -2.15. The van der Waals surface area contributed by atoms with Gasteiger partial charge in [-0.25, -0.2) is 0 Å². The molecule has 0 saturated carbocycles. The average molecular weight is 270 g/mol. The topological polar surface area (TPSA) is 27.7 Å². The van der Waals surface area contributed by atoms with Crippen LogP contribution < -0.4 is 14.2 Å². The smallest absolute Gasteiger partial charge is 0.127 e. The van der Waals surface area contributed by atoms with Crippen LogP contribution in [0.25, 0.3) is 0 Å². The molecule has 0 radical (unpaired) electrons. The number of benzene rings is 2. The highest BCUT2D eigenvalue weighted by Gasteiger charge is 2.22. The first-order valence-corrected chi connectivity index (χ1v) is 6.77. The summed E-state index contributed by atoms with van der Waals surface area (Å²) in [6.45, 7) is 0. The van der Waals surface area contributed by atoms with Crippen molar-refractivity contribution in [2.24, 2.45) is 0 Å². The molecule has 2 aromatic carbocycles. The molecular formula is C17H18O3. The molecule has 3 heteroatoms. The fourth-order valence-corrected chi connectivity index (χ4v) is 2.55. The molecule has 104 valence electrons. The normalized spacial score (nSPS) is 17.0. The Morgan fingerprint density at radius 3 is 2.60 bits per heavy atom. The first-order valence-electron chi connectivity index (χ1n) is 6.77. The summed E-state index contributed by atoms with van der Waals surface area (Å²) in [4.78, 5) is 0.